The predicted molar refractivity (Wildman–Crippen MR) is 189 cm³/mol. The number of aliphatic carboxylic acids is 3. The Balaban J connectivity index is 4.49. The van der Waals surface area contributed by atoms with Gasteiger partial charge in [-0.15, -0.1) is 0 Å². The first-order valence-corrected chi connectivity index (χ1v) is 19.3. The van der Waals surface area contributed by atoms with Crippen molar-refractivity contribution < 1.29 is 34.2 Å². The van der Waals surface area contributed by atoms with Gasteiger partial charge in [0.1, 0.15) is 11.8 Å². The van der Waals surface area contributed by atoms with Crippen molar-refractivity contribution >= 4 is 17.9 Å². The molecule has 0 aliphatic carbocycles. The summed E-state index contributed by atoms with van der Waals surface area (Å²) in [5, 5.41) is 31.5. The first-order valence-electron chi connectivity index (χ1n) is 19.3. The molecule has 7 heteroatoms. The zero-order valence-corrected chi connectivity index (χ0v) is 30.5. The maximum absolute atomic E-state index is 12.0. The summed E-state index contributed by atoms with van der Waals surface area (Å²) in [5.41, 5.74) is 0. The van der Waals surface area contributed by atoms with Gasteiger partial charge in [0.15, 0.2) is 0 Å². The van der Waals surface area contributed by atoms with Crippen molar-refractivity contribution in [2.45, 2.75) is 175 Å². The second-order valence-corrected chi connectivity index (χ2v) is 14.0. The number of carboxylic acids is 3. The molecule has 0 rings (SSSR count). The standard InChI is InChI=1S/C39H73NO6/c1-5-9-10-11-12-13-14-15-16-17-18-19-20-21-22-23-24-25-26-27-28-29-30-40(31-34(6-2)37(41)42,32-35(7-3)38(43)44)33-36(8-4)39(45)46/h28-29,34-36H,5-27,30-33H2,1-4H3,(H2-,41,42,43,44,45,46)/b29-28+. The lowest BCUT2D eigenvalue weighted by atomic mass is 9.96. The van der Waals surface area contributed by atoms with Crippen LogP contribution in [0.15, 0.2) is 12.2 Å². The van der Waals surface area contributed by atoms with Crippen LogP contribution in [0.4, 0.5) is 0 Å². The molecule has 0 saturated heterocycles. The number of allylic oxidation sites excluding steroid dienone is 1. The van der Waals surface area contributed by atoms with Gasteiger partial charge in [0.25, 0.3) is 0 Å². The van der Waals surface area contributed by atoms with Gasteiger partial charge in [-0.05, 0) is 38.2 Å². The van der Waals surface area contributed by atoms with Crippen LogP contribution in [-0.4, -0.2) is 58.8 Å². The van der Waals surface area contributed by atoms with Gasteiger partial charge in [0.05, 0.1) is 32.1 Å². The number of carboxylic acid groups (broad SMARTS) is 3. The molecule has 3 unspecified atom stereocenters. The summed E-state index contributed by atoms with van der Waals surface area (Å²) in [6.07, 6.45) is 31.9. The Morgan fingerprint density at radius 1 is 0.522 bits per heavy atom. The molecule has 0 aromatic carbocycles. The van der Waals surface area contributed by atoms with Crippen molar-refractivity contribution in [1.82, 2.24) is 0 Å². The van der Waals surface area contributed by atoms with Crippen LogP contribution in [0, 0.1) is 17.8 Å². The molecule has 46 heavy (non-hydrogen) atoms. The van der Waals surface area contributed by atoms with Crippen molar-refractivity contribution in [1.29, 1.82) is 0 Å². The lowest BCUT2D eigenvalue weighted by molar-refractivity contribution is -0.929. The predicted octanol–water partition coefficient (Wildman–Crippen LogP) is 9.18. The van der Waals surface area contributed by atoms with Crippen LogP contribution >= 0.6 is 0 Å². The fraction of sp³-hybridized carbons (Fsp3) is 0.872. The number of carbonyl (C=O) groups is 3. The van der Waals surface area contributed by atoms with Crippen LogP contribution in [0.1, 0.15) is 175 Å². The fourth-order valence-corrected chi connectivity index (χ4v) is 6.74. The monoisotopic (exact) mass is 652 g/mol. The van der Waals surface area contributed by atoms with Crippen LogP contribution in [0.25, 0.3) is 0 Å². The quantitative estimate of drug-likeness (QED) is 0.0407. The van der Waals surface area contributed by atoms with Crippen LogP contribution in [0.3, 0.4) is 0 Å². The molecule has 0 aliphatic heterocycles. The van der Waals surface area contributed by atoms with Gasteiger partial charge in [-0.2, -0.15) is 0 Å². The summed E-state index contributed by atoms with van der Waals surface area (Å²) in [5.74, 6) is -5.10. The van der Waals surface area contributed by atoms with Crippen molar-refractivity contribution in [3.8, 4) is 0 Å². The molecular weight excluding hydrogens is 578 g/mol. The fourth-order valence-electron chi connectivity index (χ4n) is 6.74. The molecular formula is C39H73NO6. The third kappa shape index (κ3) is 22.6. The van der Waals surface area contributed by atoms with Crippen LogP contribution < -0.4 is 5.11 Å². The maximum Gasteiger partial charge on any atom is 0.312 e. The number of unbranched alkanes of at least 4 members (excludes halogenated alkanes) is 19. The van der Waals surface area contributed by atoms with Crippen LogP contribution in [-0.2, 0) is 14.4 Å². The maximum atomic E-state index is 12.0. The minimum atomic E-state index is -1.16. The van der Waals surface area contributed by atoms with E-state index in [0.29, 0.717) is 25.8 Å². The Labute approximate surface area is 283 Å². The van der Waals surface area contributed by atoms with Gasteiger partial charge in [0.2, 0.25) is 0 Å². The van der Waals surface area contributed by atoms with Crippen LogP contribution in [0.2, 0.25) is 0 Å². The van der Waals surface area contributed by atoms with E-state index in [1.807, 2.05) is 19.9 Å². The molecule has 0 amide bonds. The van der Waals surface area contributed by atoms with E-state index in [4.69, 9.17) is 0 Å². The topological polar surface area (TPSA) is 115 Å². The van der Waals surface area contributed by atoms with Gasteiger partial charge in [-0.3, -0.25) is 9.59 Å². The lowest BCUT2D eigenvalue weighted by Crippen LogP contribution is -2.59. The summed E-state index contributed by atoms with van der Waals surface area (Å²) in [6, 6.07) is 0. The number of hydrogen-bond acceptors (Lipinski definition) is 4. The summed E-state index contributed by atoms with van der Waals surface area (Å²) < 4.78 is 0.137. The van der Waals surface area contributed by atoms with Gasteiger partial charge in [0, 0.05) is 5.92 Å². The smallest absolute Gasteiger partial charge is 0.312 e. The molecule has 0 aliphatic rings. The average Bonchev–Trinajstić information content (AvgIpc) is 3.03. The van der Waals surface area contributed by atoms with Gasteiger partial charge < -0.3 is 24.6 Å². The van der Waals surface area contributed by atoms with E-state index in [1.165, 1.54) is 116 Å². The van der Waals surface area contributed by atoms with E-state index in [9.17, 15) is 29.7 Å². The van der Waals surface area contributed by atoms with Crippen molar-refractivity contribution in [2.75, 3.05) is 26.2 Å². The van der Waals surface area contributed by atoms with E-state index in [-0.39, 0.29) is 24.1 Å². The highest BCUT2D eigenvalue weighted by Crippen LogP contribution is 2.24. The van der Waals surface area contributed by atoms with Crippen molar-refractivity contribution in [3.05, 3.63) is 12.2 Å². The van der Waals surface area contributed by atoms with E-state index in [2.05, 4.69) is 13.0 Å². The first kappa shape index (κ1) is 44.1. The number of quaternary nitrogens is 1. The highest BCUT2D eigenvalue weighted by Gasteiger charge is 2.38. The molecule has 0 bridgehead atoms. The van der Waals surface area contributed by atoms with Gasteiger partial charge >= 0.3 is 11.9 Å². The van der Waals surface area contributed by atoms with E-state index in [1.54, 1.807) is 6.92 Å². The Hall–Kier alpha value is -1.89. The molecule has 7 nitrogen and oxygen atoms in total. The molecule has 0 aromatic rings. The Morgan fingerprint density at radius 3 is 1.15 bits per heavy atom. The molecule has 3 atom stereocenters. The minimum Gasteiger partial charge on any atom is -0.550 e. The van der Waals surface area contributed by atoms with E-state index < -0.39 is 35.7 Å². The molecule has 0 saturated carbocycles. The molecule has 270 valence electrons. The first-order chi connectivity index (χ1) is 22.2. The molecule has 0 radical (unpaired) electrons. The minimum absolute atomic E-state index is 0.137. The number of rotatable bonds is 34. The highest BCUT2D eigenvalue weighted by molar-refractivity contribution is 5.71. The largest absolute Gasteiger partial charge is 0.550 e. The molecule has 0 heterocycles. The summed E-state index contributed by atoms with van der Waals surface area (Å²) in [7, 11) is 0. The zero-order chi connectivity index (χ0) is 34.5. The number of carbonyl (C=O) groups excluding carboxylic acids is 1. The number of nitrogens with zero attached hydrogens (tertiary/aromatic N) is 1. The molecule has 0 aromatic heterocycles. The average molecular weight is 652 g/mol. The van der Waals surface area contributed by atoms with Crippen LogP contribution in [0.5, 0.6) is 0 Å². The Kier molecular flexibility index (Phi) is 28.1. The second kappa shape index (κ2) is 29.3. The van der Waals surface area contributed by atoms with Crippen molar-refractivity contribution in [3.63, 3.8) is 0 Å². The summed E-state index contributed by atoms with van der Waals surface area (Å²) >= 11 is 0. The Morgan fingerprint density at radius 2 is 0.848 bits per heavy atom. The molecule has 2 N–H and O–H groups in total. The molecule has 0 fully saturated rings. The number of hydrogen-bond donors (Lipinski definition) is 2. The summed E-state index contributed by atoms with van der Waals surface area (Å²) in [6.45, 7) is 8.71. The molecule has 0 spiro atoms. The SMILES string of the molecule is CCCCCCCCCCCCCCCCCCCCC/C=C/C[N+](CC(CC)C(=O)[O-])(CC(CC)C(=O)O)CC(CC)C(=O)O. The van der Waals surface area contributed by atoms with E-state index in [0.717, 1.165) is 12.8 Å². The third-order valence-electron chi connectivity index (χ3n) is 9.97. The normalized spacial score (nSPS) is 15.0. The Bertz CT molecular complexity index is 738. The summed E-state index contributed by atoms with van der Waals surface area (Å²) in [4.78, 5) is 35.9. The van der Waals surface area contributed by atoms with E-state index >= 15 is 0 Å². The second-order valence-electron chi connectivity index (χ2n) is 14.0. The van der Waals surface area contributed by atoms with Crippen molar-refractivity contribution in [2.24, 2.45) is 17.8 Å². The lowest BCUT2D eigenvalue weighted by Gasteiger charge is -2.43. The highest BCUT2D eigenvalue weighted by atomic mass is 16.4. The zero-order valence-electron chi connectivity index (χ0n) is 30.5. The van der Waals surface area contributed by atoms with Gasteiger partial charge in [-0.25, -0.2) is 0 Å². The third-order valence-corrected chi connectivity index (χ3v) is 9.97. The van der Waals surface area contributed by atoms with Gasteiger partial charge in [-0.1, -0.05) is 149 Å².